The van der Waals surface area contributed by atoms with Crippen LogP contribution in [-0.4, -0.2) is 0 Å². The van der Waals surface area contributed by atoms with E-state index in [-0.39, 0.29) is 29.7 Å². The van der Waals surface area contributed by atoms with Gasteiger partial charge in [-0.1, -0.05) is 164 Å². The van der Waals surface area contributed by atoms with Crippen LogP contribution in [0.5, 0.6) is 0 Å². The van der Waals surface area contributed by atoms with E-state index in [1.807, 2.05) is 54.6 Å². The lowest BCUT2D eigenvalue weighted by Gasteiger charge is -2.20. The summed E-state index contributed by atoms with van der Waals surface area (Å²) in [6.07, 6.45) is 0. The van der Waals surface area contributed by atoms with E-state index in [0.717, 1.165) is 87.6 Å². The average Bonchev–Trinajstić information content (AvgIpc) is 3.60. The van der Waals surface area contributed by atoms with Gasteiger partial charge in [-0.25, -0.2) is 0 Å². The first-order valence-corrected chi connectivity index (χ1v) is 16.4. The Kier molecular flexibility index (Phi) is 5.20. The monoisotopic (exact) mass is 627 g/mol. The Balaban J connectivity index is 1.26. The second kappa shape index (κ2) is 11.1. The lowest BCUT2D eigenvalue weighted by molar-refractivity contribution is 0.669. The molecule has 10 rings (SSSR count). The maximum atomic E-state index is 8.75. The SMILES string of the molecule is [2H]c1c([2H])c([2H])c(-c2ccc(-c3c4ccccc4c(-c4cccc5oc6cc(-c7ccccc7)ccc6c45)c4ccccc34)c3ccccc23)c([2H])c1[2H]. The van der Waals surface area contributed by atoms with Crippen LogP contribution < -0.4 is 0 Å². The Morgan fingerprint density at radius 2 is 0.918 bits per heavy atom. The Morgan fingerprint density at radius 1 is 0.347 bits per heavy atom. The van der Waals surface area contributed by atoms with Crippen LogP contribution in [0.3, 0.4) is 0 Å². The molecule has 9 aromatic carbocycles. The molecule has 0 saturated heterocycles. The Labute approximate surface area is 291 Å². The Hall–Kier alpha value is -6.44. The van der Waals surface area contributed by atoms with E-state index >= 15 is 0 Å². The normalized spacial score (nSPS) is 13.1. The van der Waals surface area contributed by atoms with E-state index in [2.05, 4.69) is 97.1 Å². The predicted octanol–water partition coefficient (Wildman–Crippen LogP) is 13.7. The molecule has 0 unspecified atom stereocenters. The van der Waals surface area contributed by atoms with Crippen LogP contribution >= 0.6 is 0 Å². The molecule has 0 radical (unpaired) electrons. The molecule has 0 bridgehead atoms. The molecule has 0 aliphatic carbocycles. The summed E-state index contributed by atoms with van der Waals surface area (Å²) in [6, 6.07) is 50.6. The van der Waals surface area contributed by atoms with E-state index in [4.69, 9.17) is 11.3 Å². The molecule has 10 aromatic rings. The minimum absolute atomic E-state index is 0.199. The van der Waals surface area contributed by atoms with Gasteiger partial charge in [-0.15, -0.1) is 0 Å². The number of furan rings is 1. The topological polar surface area (TPSA) is 13.1 Å². The summed E-state index contributed by atoms with van der Waals surface area (Å²) in [5.74, 6) is 0. The fourth-order valence-corrected chi connectivity index (χ4v) is 7.67. The third-order valence-electron chi connectivity index (χ3n) is 9.77. The molecular weight excluding hydrogens is 593 g/mol. The van der Waals surface area contributed by atoms with Crippen molar-refractivity contribution in [3.63, 3.8) is 0 Å². The van der Waals surface area contributed by atoms with E-state index in [1.54, 1.807) is 0 Å². The molecule has 0 atom stereocenters. The molecule has 1 nitrogen and oxygen atoms in total. The van der Waals surface area contributed by atoms with Crippen molar-refractivity contribution in [2.24, 2.45) is 0 Å². The molecule has 0 fully saturated rings. The highest BCUT2D eigenvalue weighted by atomic mass is 16.3. The molecule has 1 heteroatoms. The zero-order valence-corrected chi connectivity index (χ0v) is 26.3. The van der Waals surface area contributed by atoms with Crippen LogP contribution in [0.2, 0.25) is 0 Å². The third kappa shape index (κ3) is 4.33. The maximum Gasteiger partial charge on any atom is 0.136 e. The summed E-state index contributed by atoms with van der Waals surface area (Å²) in [4.78, 5) is 0. The zero-order valence-electron chi connectivity index (χ0n) is 31.3. The summed E-state index contributed by atoms with van der Waals surface area (Å²) >= 11 is 0. The highest BCUT2D eigenvalue weighted by Gasteiger charge is 2.21. The first-order valence-electron chi connectivity index (χ1n) is 18.9. The van der Waals surface area contributed by atoms with Crippen molar-refractivity contribution in [2.45, 2.75) is 0 Å². The van der Waals surface area contributed by atoms with Crippen LogP contribution in [0.15, 0.2) is 186 Å². The zero-order chi connectivity index (χ0) is 36.7. The van der Waals surface area contributed by atoms with Crippen molar-refractivity contribution in [1.29, 1.82) is 0 Å². The van der Waals surface area contributed by atoms with Gasteiger partial charge in [-0.05, 0) is 95.0 Å². The summed E-state index contributed by atoms with van der Waals surface area (Å²) < 4.78 is 48.9. The van der Waals surface area contributed by atoms with Crippen molar-refractivity contribution in [3.8, 4) is 44.5 Å². The van der Waals surface area contributed by atoms with Crippen molar-refractivity contribution in [3.05, 3.63) is 182 Å². The summed E-state index contributed by atoms with van der Waals surface area (Å²) in [6.45, 7) is 0. The summed E-state index contributed by atoms with van der Waals surface area (Å²) in [5, 5.41) is 8.26. The molecule has 0 spiro atoms. The molecule has 228 valence electrons. The number of fused-ring (bicyclic) bond motifs is 6. The first-order chi connectivity index (χ1) is 26.4. The van der Waals surface area contributed by atoms with Gasteiger partial charge in [0.25, 0.3) is 0 Å². The Morgan fingerprint density at radius 3 is 1.59 bits per heavy atom. The van der Waals surface area contributed by atoms with E-state index in [0.29, 0.717) is 5.56 Å². The number of hydrogen-bond acceptors (Lipinski definition) is 1. The molecule has 0 aliphatic rings. The molecule has 1 aromatic heterocycles. The van der Waals surface area contributed by atoms with E-state index in [9.17, 15) is 0 Å². The standard InChI is InChI=1S/C48H30O/c1-3-14-31(15-4-1)33-26-27-42-45(30-33)49-44-25-13-24-43(48(42)44)47-39-22-11-9-20-37(39)46(38-21-10-12-23-40(38)47)41-29-28-34(32-16-5-2-6-17-32)35-18-7-8-19-36(35)41/h1-30H/i2D,5D,6D,16D,17D. The second-order valence-electron chi connectivity index (χ2n) is 12.4. The number of benzene rings is 9. The molecule has 1 heterocycles. The van der Waals surface area contributed by atoms with Crippen LogP contribution in [0.25, 0.3) is 98.8 Å². The van der Waals surface area contributed by atoms with Crippen molar-refractivity contribution in [2.75, 3.05) is 0 Å². The van der Waals surface area contributed by atoms with Crippen molar-refractivity contribution < 1.29 is 11.3 Å². The van der Waals surface area contributed by atoms with Gasteiger partial charge in [0.2, 0.25) is 0 Å². The van der Waals surface area contributed by atoms with Crippen LogP contribution in [-0.2, 0) is 0 Å². The van der Waals surface area contributed by atoms with Crippen LogP contribution in [0.4, 0.5) is 0 Å². The number of rotatable bonds is 4. The van der Waals surface area contributed by atoms with Crippen molar-refractivity contribution >= 4 is 54.3 Å². The summed E-state index contributed by atoms with van der Waals surface area (Å²) in [5.41, 5.74) is 9.02. The van der Waals surface area contributed by atoms with Crippen LogP contribution in [0, 0.1) is 0 Å². The van der Waals surface area contributed by atoms with Gasteiger partial charge in [0, 0.05) is 10.8 Å². The van der Waals surface area contributed by atoms with Crippen LogP contribution in [0.1, 0.15) is 6.85 Å². The molecule has 0 N–H and O–H groups in total. The molecule has 0 amide bonds. The van der Waals surface area contributed by atoms with Gasteiger partial charge in [-0.2, -0.15) is 0 Å². The smallest absolute Gasteiger partial charge is 0.136 e. The highest BCUT2D eigenvalue weighted by molar-refractivity contribution is 6.27. The maximum absolute atomic E-state index is 8.75. The lowest BCUT2D eigenvalue weighted by Crippen LogP contribution is -1.92. The third-order valence-corrected chi connectivity index (χ3v) is 9.77. The largest absolute Gasteiger partial charge is 0.456 e. The van der Waals surface area contributed by atoms with E-state index in [1.165, 1.54) is 0 Å². The first kappa shape index (κ1) is 23.0. The van der Waals surface area contributed by atoms with Gasteiger partial charge in [0.1, 0.15) is 11.2 Å². The molecule has 0 saturated carbocycles. The summed E-state index contributed by atoms with van der Waals surface area (Å²) in [7, 11) is 0. The van der Waals surface area contributed by atoms with Crippen molar-refractivity contribution in [1.82, 2.24) is 0 Å². The lowest BCUT2D eigenvalue weighted by atomic mass is 9.83. The minimum Gasteiger partial charge on any atom is -0.456 e. The fraction of sp³-hybridized carbons (Fsp3) is 0. The average molecular weight is 628 g/mol. The second-order valence-corrected chi connectivity index (χ2v) is 12.4. The van der Waals surface area contributed by atoms with Gasteiger partial charge >= 0.3 is 0 Å². The van der Waals surface area contributed by atoms with Gasteiger partial charge in [0.05, 0.1) is 6.85 Å². The minimum atomic E-state index is -0.399. The molecule has 49 heavy (non-hydrogen) atoms. The van der Waals surface area contributed by atoms with Gasteiger partial charge < -0.3 is 4.42 Å². The molecule has 0 aliphatic heterocycles. The molecular formula is C48H30O. The van der Waals surface area contributed by atoms with Gasteiger partial charge in [-0.3, -0.25) is 0 Å². The number of hydrogen-bond donors (Lipinski definition) is 0. The quantitative estimate of drug-likeness (QED) is 0.177. The highest BCUT2D eigenvalue weighted by Crippen LogP contribution is 2.48. The predicted molar refractivity (Wildman–Crippen MR) is 208 cm³/mol. The van der Waals surface area contributed by atoms with Gasteiger partial charge in [0.15, 0.2) is 0 Å². The fourth-order valence-electron chi connectivity index (χ4n) is 7.67. The van der Waals surface area contributed by atoms with E-state index < -0.39 is 6.04 Å². The Bertz CT molecular complexity index is 3080.